The number of carbonyl (C=O) groups is 1. The minimum absolute atomic E-state index is 0.166. The highest BCUT2D eigenvalue weighted by Gasteiger charge is 2.32. The Morgan fingerprint density at radius 1 is 1.15 bits per heavy atom. The SMILES string of the molecule is CCCCc1oc2ccc(N)cc2c1C(=O)c1ccccc1C1(C)C=CC(S(=O)(=O)O)C=C1. The van der Waals surface area contributed by atoms with E-state index in [0.717, 1.165) is 18.4 Å². The van der Waals surface area contributed by atoms with E-state index in [1.54, 1.807) is 42.5 Å². The van der Waals surface area contributed by atoms with E-state index in [4.69, 9.17) is 10.2 Å². The van der Waals surface area contributed by atoms with Crippen LogP contribution in [0.5, 0.6) is 0 Å². The van der Waals surface area contributed by atoms with Gasteiger partial charge in [-0.3, -0.25) is 9.35 Å². The number of nitrogen functional groups attached to an aromatic ring is 1. The van der Waals surface area contributed by atoms with Gasteiger partial charge in [0.15, 0.2) is 5.78 Å². The van der Waals surface area contributed by atoms with Crippen molar-refractivity contribution < 1.29 is 22.2 Å². The Hall–Kier alpha value is -3.16. The minimum Gasteiger partial charge on any atom is -0.460 e. The second-order valence-electron chi connectivity index (χ2n) is 8.61. The van der Waals surface area contributed by atoms with Gasteiger partial charge in [-0.25, -0.2) is 0 Å². The molecule has 2 aromatic carbocycles. The van der Waals surface area contributed by atoms with E-state index < -0.39 is 20.8 Å². The number of aryl methyl sites for hydroxylation is 1. The molecule has 1 aliphatic rings. The van der Waals surface area contributed by atoms with Crippen LogP contribution >= 0.6 is 0 Å². The molecule has 4 rings (SSSR count). The Morgan fingerprint density at radius 3 is 2.52 bits per heavy atom. The first kappa shape index (κ1) is 23.0. The van der Waals surface area contributed by atoms with Crippen LogP contribution in [0.4, 0.5) is 5.69 Å². The number of benzene rings is 2. The van der Waals surface area contributed by atoms with Crippen LogP contribution in [0.2, 0.25) is 0 Å². The summed E-state index contributed by atoms with van der Waals surface area (Å²) in [5.74, 6) is 0.476. The predicted octanol–water partition coefficient (Wildman–Crippen LogP) is 5.23. The van der Waals surface area contributed by atoms with E-state index in [-0.39, 0.29) is 5.78 Å². The number of hydrogen-bond donors (Lipinski definition) is 2. The summed E-state index contributed by atoms with van der Waals surface area (Å²) in [6, 6.07) is 12.6. The standard InChI is InChI=1S/C26H27NO5S/c1-3-4-9-23-24(20-16-17(27)10-11-22(20)32-23)25(28)19-7-5-6-8-21(19)26(2)14-12-18(13-15-26)33(29,30)31/h5-8,10-16,18H,3-4,9,27H2,1-2H3,(H,29,30,31). The molecule has 6 nitrogen and oxygen atoms in total. The average Bonchev–Trinajstić information content (AvgIpc) is 3.14. The quantitative estimate of drug-likeness (QED) is 0.214. The van der Waals surface area contributed by atoms with Crippen LogP contribution in [-0.2, 0) is 22.0 Å². The molecule has 1 aromatic heterocycles. The second kappa shape index (κ2) is 8.65. The zero-order valence-corrected chi connectivity index (χ0v) is 19.4. The van der Waals surface area contributed by atoms with E-state index >= 15 is 0 Å². The third-order valence-electron chi connectivity index (χ3n) is 6.13. The number of furan rings is 1. The van der Waals surface area contributed by atoms with E-state index in [1.807, 2.05) is 19.1 Å². The zero-order valence-electron chi connectivity index (χ0n) is 18.6. The number of nitrogens with two attached hydrogens (primary N) is 1. The van der Waals surface area contributed by atoms with Crippen molar-refractivity contribution in [1.82, 2.24) is 0 Å². The number of allylic oxidation sites excluding steroid dienone is 2. The van der Waals surface area contributed by atoms with Gasteiger partial charge in [-0.1, -0.05) is 61.9 Å². The molecular weight excluding hydrogens is 438 g/mol. The minimum atomic E-state index is -4.23. The molecule has 0 bridgehead atoms. The highest BCUT2D eigenvalue weighted by Crippen LogP contribution is 2.37. The lowest BCUT2D eigenvalue weighted by Crippen LogP contribution is -2.27. The van der Waals surface area contributed by atoms with Crippen LogP contribution in [0.3, 0.4) is 0 Å². The van der Waals surface area contributed by atoms with Gasteiger partial charge in [-0.2, -0.15) is 8.42 Å². The molecule has 0 radical (unpaired) electrons. The summed E-state index contributed by atoms with van der Waals surface area (Å²) < 4.78 is 38.5. The fraction of sp³-hybridized carbons (Fsp3) is 0.269. The number of anilines is 1. The first-order chi connectivity index (χ1) is 15.6. The normalized spacial score (nSPS) is 20.4. The number of carbonyl (C=O) groups excluding carboxylic acids is 1. The summed E-state index contributed by atoms with van der Waals surface area (Å²) in [6.07, 6.45) is 8.79. The molecule has 0 saturated heterocycles. The number of ketones is 1. The van der Waals surface area contributed by atoms with Crippen LogP contribution in [-0.4, -0.2) is 24.0 Å². The van der Waals surface area contributed by atoms with Crippen LogP contribution in [0.1, 0.15) is 53.9 Å². The molecule has 3 aromatic rings. The summed E-state index contributed by atoms with van der Waals surface area (Å²) >= 11 is 0. The Morgan fingerprint density at radius 2 is 1.85 bits per heavy atom. The number of fused-ring (bicyclic) bond motifs is 1. The van der Waals surface area contributed by atoms with Crippen LogP contribution in [0.15, 0.2) is 71.2 Å². The van der Waals surface area contributed by atoms with Crippen molar-refractivity contribution in [3.8, 4) is 0 Å². The lowest BCUT2D eigenvalue weighted by Gasteiger charge is -2.28. The van der Waals surface area contributed by atoms with E-state index in [1.165, 1.54) is 12.2 Å². The van der Waals surface area contributed by atoms with Gasteiger partial charge >= 0.3 is 0 Å². The summed E-state index contributed by atoms with van der Waals surface area (Å²) in [6.45, 7) is 3.98. The third-order valence-corrected chi connectivity index (χ3v) is 7.13. The molecule has 172 valence electrons. The summed E-state index contributed by atoms with van der Waals surface area (Å²) in [5, 5.41) is -0.415. The van der Waals surface area contributed by atoms with Gasteiger partial charge in [-0.15, -0.1) is 0 Å². The number of hydrogen-bond acceptors (Lipinski definition) is 5. The molecule has 0 spiro atoms. The maximum absolute atomic E-state index is 14.0. The van der Waals surface area contributed by atoms with Gasteiger partial charge in [0.25, 0.3) is 10.1 Å². The lowest BCUT2D eigenvalue weighted by atomic mass is 9.76. The topological polar surface area (TPSA) is 111 Å². The van der Waals surface area contributed by atoms with Crippen molar-refractivity contribution in [2.24, 2.45) is 0 Å². The maximum atomic E-state index is 14.0. The molecule has 0 atom stereocenters. The number of unbranched alkanes of at least 4 members (excludes halogenated alkanes) is 1. The van der Waals surface area contributed by atoms with Gasteiger partial charge in [0.1, 0.15) is 16.6 Å². The van der Waals surface area contributed by atoms with Crippen molar-refractivity contribution in [3.63, 3.8) is 0 Å². The molecule has 0 fully saturated rings. The molecule has 0 saturated carbocycles. The third kappa shape index (κ3) is 4.38. The molecular formula is C26H27NO5S. The van der Waals surface area contributed by atoms with Crippen LogP contribution in [0, 0.1) is 0 Å². The monoisotopic (exact) mass is 465 g/mol. The summed E-state index contributed by atoms with van der Waals surface area (Å²) in [5.41, 5.74) is 8.21. The van der Waals surface area contributed by atoms with E-state index in [2.05, 4.69) is 6.92 Å². The van der Waals surface area contributed by atoms with Crippen molar-refractivity contribution in [2.75, 3.05) is 5.73 Å². The predicted molar refractivity (Wildman–Crippen MR) is 130 cm³/mol. The number of rotatable bonds is 7. The Labute approximate surface area is 193 Å². The molecule has 0 aliphatic heterocycles. The average molecular weight is 466 g/mol. The molecule has 1 aliphatic carbocycles. The maximum Gasteiger partial charge on any atom is 0.275 e. The molecule has 33 heavy (non-hydrogen) atoms. The zero-order chi connectivity index (χ0) is 23.8. The van der Waals surface area contributed by atoms with Gasteiger partial charge in [-0.05, 0) is 37.1 Å². The Kier molecular flexibility index (Phi) is 6.03. The van der Waals surface area contributed by atoms with Crippen molar-refractivity contribution in [3.05, 3.63) is 89.2 Å². The fourth-order valence-corrected chi connectivity index (χ4v) is 4.86. The molecule has 3 N–H and O–H groups in total. The highest BCUT2D eigenvalue weighted by atomic mass is 32.2. The first-order valence-corrected chi connectivity index (χ1v) is 12.4. The highest BCUT2D eigenvalue weighted by molar-refractivity contribution is 7.86. The van der Waals surface area contributed by atoms with Crippen molar-refractivity contribution >= 4 is 32.6 Å². The van der Waals surface area contributed by atoms with E-state index in [9.17, 15) is 17.8 Å². The van der Waals surface area contributed by atoms with Gasteiger partial charge < -0.3 is 10.2 Å². The smallest absolute Gasteiger partial charge is 0.275 e. The largest absolute Gasteiger partial charge is 0.460 e. The Bertz CT molecular complexity index is 1370. The lowest BCUT2D eigenvalue weighted by molar-refractivity contribution is 0.103. The summed E-state index contributed by atoms with van der Waals surface area (Å²) in [7, 11) is -4.23. The van der Waals surface area contributed by atoms with E-state index in [0.29, 0.717) is 40.0 Å². The van der Waals surface area contributed by atoms with Gasteiger partial charge in [0, 0.05) is 28.5 Å². The molecule has 0 amide bonds. The summed E-state index contributed by atoms with van der Waals surface area (Å²) in [4.78, 5) is 14.0. The van der Waals surface area contributed by atoms with Crippen molar-refractivity contribution in [1.29, 1.82) is 0 Å². The molecule has 0 unspecified atom stereocenters. The Balaban J connectivity index is 1.83. The molecule has 1 heterocycles. The first-order valence-electron chi connectivity index (χ1n) is 10.9. The second-order valence-corrected chi connectivity index (χ2v) is 10.2. The van der Waals surface area contributed by atoms with Crippen molar-refractivity contribution in [2.45, 2.75) is 43.8 Å². The fourth-order valence-electron chi connectivity index (χ4n) is 4.30. The molecule has 7 heteroatoms. The van der Waals surface area contributed by atoms with Crippen LogP contribution in [0.25, 0.3) is 11.0 Å². The van der Waals surface area contributed by atoms with Gasteiger partial charge in [0.2, 0.25) is 0 Å². The van der Waals surface area contributed by atoms with Crippen LogP contribution < -0.4 is 5.73 Å². The van der Waals surface area contributed by atoms with Gasteiger partial charge in [0.05, 0.1) is 5.56 Å².